The average molecular weight is 170 g/mol. The van der Waals surface area contributed by atoms with Crippen molar-refractivity contribution >= 4 is 6.08 Å². The normalized spacial score (nSPS) is 14.0. The first-order valence-electron chi connectivity index (χ1n) is 4.20. The zero-order valence-electron chi connectivity index (χ0n) is 7.18. The van der Waals surface area contributed by atoms with Gasteiger partial charge in [-0.05, 0) is 29.4 Å². The van der Waals surface area contributed by atoms with Crippen LogP contribution < -0.4 is 0 Å². The Kier molecular flexibility index (Phi) is 2.28. The zero-order valence-corrected chi connectivity index (χ0v) is 7.18. The summed E-state index contributed by atoms with van der Waals surface area (Å²) in [6.45, 7) is 0. The van der Waals surface area contributed by atoms with Crippen LogP contribution in [0, 0.1) is 0 Å². The molecule has 0 unspecified atom stereocenters. The van der Waals surface area contributed by atoms with Crippen LogP contribution in [0.2, 0.25) is 0 Å². The van der Waals surface area contributed by atoms with Gasteiger partial charge in [0.15, 0.2) is 0 Å². The van der Waals surface area contributed by atoms with Gasteiger partial charge in [0, 0.05) is 0 Å². The summed E-state index contributed by atoms with van der Waals surface area (Å²) in [5.74, 6) is 0. The number of benzene rings is 1. The minimum Gasteiger partial charge on any atom is -0.473 e. The number of rotatable bonds is 1. The van der Waals surface area contributed by atoms with Crippen molar-refractivity contribution in [3.8, 4) is 0 Å². The minimum absolute atomic E-state index is 1.15. The van der Waals surface area contributed by atoms with E-state index in [0.717, 1.165) is 5.57 Å². The third-order valence-corrected chi connectivity index (χ3v) is 1.81. The van der Waals surface area contributed by atoms with Gasteiger partial charge in [-0.3, -0.25) is 0 Å². The summed E-state index contributed by atoms with van der Waals surface area (Å²) < 4.78 is 4.94. The molecule has 0 bridgehead atoms. The van der Waals surface area contributed by atoms with Gasteiger partial charge < -0.3 is 4.74 Å². The molecule has 0 radical (unpaired) electrons. The molecule has 1 heteroatoms. The summed E-state index contributed by atoms with van der Waals surface area (Å²) in [6, 6.07) is 10.2. The van der Waals surface area contributed by atoms with E-state index in [1.165, 1.54) is 5.56 Å². The quantitative estimate of drug-likeness (QED) is 0.629. The van der Waals surface area contributed by atoms with E-state index in [-0.39, 0.29) is 0 Å². The van der Waals surface area contributed by atoms with E-state index in [2.05, 4.69) is 18.2 Å². The van der Waals surface area contributed by atoms with Crippen molar-refractivity contribution in [2.24, 2.45) is 0 Å². The van der Waals surface area contributed by atoms with Crippen molar-refractivity contribution in [1.82, 2.24) is 0 Å². The first-order chi connectivity index (χ1) is 6.45. The fourth-order valence-corrected chi connectivity index (χ4v) is 1.17. The second-order valence-corrected chi connectivity index (χ2v) is 2.80. The Hall–Kier alpha value is -1.76. The first kappa shape index (κ1) is 7.87. The average Bonchev–Trinajstić information content (AvgIpc) is 2.21. The number of hydrogen-bond donors (Lipinski definition) is 0. The van der Waals surface area contributed by atoms with Crippen LogP contribution >= 0.6 is 0 Å². The van der Waals surface area contributed by atoms with Gasteiger partial charge in [-0.25, -0.2) is 0 Å². The lowest BCUT2D eigenvalue weighted by Gasteiger charge is -2.00. The molecule has 0 aromatic heterocycles. The molecule has 0 aliphatic carbocycles. The summed E-state index contributed by atoms with van der Waals surface area (Å²) in [7, 11) is 0. The number of allylic oxidation sites excluding steroid dienone is 3. The first-order valence-corrected chi connectivity index (χ1v) is 4.20. The molecular weight excluding hydrogens is 160 g/mol. The molecule has 1 aliphatic rings. The molecular formula is C12H10O. The smallest absolute Gasteiger partial charge is 0.0907 e. The van der Waals surface area contributed by atoms with E-state index in [1.54, 1.807) is 12.5 Å². The van der Waals surface area contributed by atoms with Crippen molar-refractivity contribution in [2.75, 3.05) is 0 Å². The van der Waals surface area contributed by atoms with Gasteiger partial charge in [0.2, 0.25) is 0 Å². The van der Waals surface area contributed by atoms with Crippen molar-refractivity contribution in [1.29, 1.82) is 0 Å². The predicted octanol–water partition coefficient (Wildman–Crippen LogP) is 3.13. The largest absolute Gasteiger partial charge is 0.473 e. The fraction of sp³-hybridized carbons (Fsp3) is 0. The summed E-state index contributed by atoms with van der Waals surface area (Å²) in [6.07, 6.45) is 9.33. The van der Waals surface area contributed by atoms with Crippen LogP contribution in [0.1, 0.15) is 5.56 Å². The van der Waals surface area contributed by atoms with Crippen LogP contribution in [0.4, 0.5) is 0 Å². The predicted molar refractivity (Wildman–Crippen MR) is 53.8 cm³/mol. The highest BCUT2D eigenvalue weighted by atomic mass is 16.5. The molecule has 1 nitrogen and oxygen atoms in total. The molecule has 2 rings (SSSR count). The highest BCUT2D eigenvalue weighted by Crippen LogP contribution is 2.11. The van der Waals surface area contributed by atoms with Crippen molar-refractivity contribution in [2.45, 2.75) is 0 Å². The van der Waals surface area contributed by atoms with E-state index in [0.29, 0.717) is 0 Å². The van der Waals surface area contributed by atoms with Gasteiger partial charge in [-0.15, -0.1) is 0 Å². The lowest BCUT2D eigenvalue weighted by Crippen LogP contribution is -1.80. The Balaban J connectivity index is 2.25. The lowest BCUT2D eigenvalue weighted by molar-refractivity contribution is 0.398. The molecule has 1 aromatic rings. The maximum atomic E-state index is 4.94. The van der Waals surface area contributed by atoms with Crippen LogP contribution in [0.15, 0.2) is 60.6 Å². The molecule has 0 saturated carbocycles. The third-order valence-electron chi connectivity index (χ3n) is 1.81. The molecule has 64 valence electrons. The standard InChI is InChI=1S/C12H10O/c1-2-4-11(5-3-1)10-12-6-8-13-9-7-12/h1-10H. The number of ether oxygens (including phenoxy) is 1. The maximum absolute atomic E-state index is 4.94. The van der Waals surface area contributed by atoms with E-state index in [4.69, 9.17) is 4.74 Å². The fourth-order valence-electron chi connectivity index (χ4n) is 1.17. The Labute approximate surface area is 77.7 Å². The van der Waals surface area contributed by atoms with Crippen molar-refractivity contribution < 1.29 is 4.74 Å². The zero-order chi connectivity index (χ0) is 8.93. The Morgan fingerprint density at radius 3 is 2.31 bits per heavy atom. The Bertz CT molecular complexity index is 344. The number of hydrogen-bond acceptors (Lipinski definition) is 1. The second kappa shape index (κ2) is 3.76. The highest BCUT2D eigenvalue weighted by molar-refractivity contribution is 5.59. The third kappa shape index (κ3) is 2.09. The van der Waals surface area contributed by atoms with Crippen LogP contribution in [-0.2, 0) is 4.74 Å². The lowest BCUT2D eigenvalue weighted by atomic mass is 10.1. The van der Waals surface area contributed by atoms with Gasteiger partial charge in [0.25, 0.3) is 0 Å². The second-order valence-electron chi connectivity index (χ2n) is 2.80. The van der Waals surface area contributed by atoms with Crippen LogP contribution in [-0.4, -0.2) is 0 Å². The molecule has 0 amide bonds. The van der Waals surface area contributed by atoms with Crippen LogP contribution in [0.25, 0.3) is 6.08 Å². The Morgan fingerprint density at radius 1 is 0.923 bits per heavy atom. The summed E-state index contributed by atoms with van der Waals surface area (Å²) >= 11 is 0. The molecule has 0 fully saturated rings. The summed E-state index contributed by atoms with van der Waals surface area (Å²) in [5.41, 5.74) is 2.35. The molecule has 1 heterocycles. The molecule has 13 heavy (non-hydrogen) atoms. The van der Waals surface area contributed by atoms with Gasteiger partial charge in [-0.2, -0.15) is 0 Å². The van der Waals surface area contributed by atoms with Gasteiger partial charge in [0.1, 0.15) is 0 Å². The molecule has 0 atom stereocenters. The molecule has 0 saturated heterocycles. The summed E-state index contributed by atoms with van der Waals surface area (Å²) in [5, 5.41) is 0. The summed E-state index contributed by atoms with van der Waals surface area (Å²) in [4.78, 5) is 0. The monoisotopic (exact) mass is 170 g/mol. The van der Waals surface area contributed by atoms with Gasteiger partial charge >= 0.3 is 0 Å². The van der Waals surface area contributed by atoms with Crippen LogP contribution in [0.5, 0.6) is 0 Å². The molecule has 1 aromatic carbocycles. The topological polar surface area (TPSA) is 9.23 Å². The van der Waals surface area contributed by atoms with E-state index in [9.17, 15) is 0 Å². The van der Waals surface area contributed by atoms with Gasteiger partial charge in [0.05, 0.1) is 12.5 Å². The van der Waals surface area contributed by atoms with Crippen molar-refractivity contribution in [3.63, 3.8) is 0 Å². The molecule has 1 aliphatic heterocycles. The Morgan fingerprint density at radius 2 is 1.62 bits per heavy atom. The minimum atomic E-state index is 1.15. The maximum Gasteiger partial charge on any atom is 0.0907 e. The van der Waals surface area contributed by atoms with Crippen molar-refractivity contribution in [3.05, 3.63) is 66.1 Å². The van der Waals surface area contributed by atoms with E-state index in [1.807, 2.05) is 30.4 Å². The SMILES string of the molecule is C1=CC(=Cc2ccccc2)C=CO1. The van der Waals surface area contributed by atoms with E-state index >= 15 is 0 Å². The highest BCUT2D eigenvalue weighted by Gasteiger charge is 1.92. The van der Waals surface area contributed by atoms with Gasteiger partial charge in [-0.1, -0.05) is 30.3 Å². The molecule has 0 spiro atoms. The van der Waals surface area contributed by atoms with E-state index < -0.39 is 0 Å². The molecule has 0 N–H and O–H groups in total. The van der Waals surface area contributed by atoms with Crippen LogP contribution in [0.3, 0.4) is 0 Å².